The van der Waals surface area contributed by atoms with E-state index < -0.39 is 9.84 Å². The third-order valence-corrected chi connectivity index (χ3v) is 5.69. The van der Waals surface area contributed by atoms with Crippen molar-refractivity contribution in [3.05, 3.63) is 53.6 Å². The van der Waals surface area contributed by atoms with Gasteiger partial charge in [-0.15, -0.1) is 0 Å². The highest BCUT2D eigenvalue weighted by Gasteiger charge is 2.27. The molecule has 0 aromatic heterocycles. The number of fused-ring (bicyclic) bond motifs is 1. The number of hydrogen-bond donors (Lipinski definition) is 0. The summed E-state index contributed by atoms with van der Waals surface area (Å²) in [6.45, 7) is 6.39. The summed E-state index contributed by atoms with van der Waals surface area (Å²) in [6.07, 6.45) is 2.98. The molecule has 0 radical (unpaired) electrons. The molecule has 0 N–H and O–H groups in total. The van der Waals surface area contributed by atoms with E-state index in [2.05, 4.69) is 0 Å². The van der Waals surface area contributed by atoms with Crippen LogP contribution in [0.5, 0.6) is 11.5 Å². The molecular formula is C22H25NO5S. The number of rotatable bonds is 6. The molecule has 0 saturated carbocycles. The second-order valence-electron chi connectivity index (χ2n) is 7.10. The van der Waals surface area contributed by atoms with Gasteiger partial charge in [-0.1, -0.05) is 12.1 Å². The monoisotopic (exact) mass is 415 g/mol. The molecular weight excluding hydrogens is 390 g/mol. The zero-order valence-electron chi connectivity index (χ0n) is 17.0. The summed E-state index contributed by atoms with van der Waals surface area (Å²) in [5.41, 5.74) is 1.95. The average molecular weight is 416 g/mol. The maximum absolute atomic E-state index is 13.3. The van der Waals surface area contributed by atoms with Crippen LogP contribution in [0.25, 0.3) is 6.08 Å². The molecule has 2 aromatic carbocycles. The van der Waals surface area contributed by atoms with Crippen LogP contribution in [0, 0.1) is 0 Å². The first-order valence-corrected chi connectivity index (χ1v) is 11.3. The molecule has 3 rings (SSSR count). The number of para-hydroxylation sites is 1. The topological polar surface area (TPSA) is 72.9 Å². The number of benzene rings is 2. The number of hydrogen-bond acceptors (Lipinski definition) is 5. The average Bonchev–Trinajstić information content (AvgIpc) is 2.67. The number of anilines is 1. The molecule has 154 valence electrons. The van der Waals surface area contributed by atoms with Crippen LogP contribution in [-0.4, -0.2) is 39.8 Å². The molecule has 0 bridgehead atoms. The summed E-state index contributed by atoms with van der Waals surface area (Å²) in [5, 5.41) is 0. The smallest absolute Gasteiger partial charge is 0.257 e. The van der Waals surface area contributed by atoms with Gasteiger partial charge in [0.15, 0.2) is 21.3 Å². The van der Waals surface area contributed by atoms with E-state index in [1.54, 1.807) is 17.0 Å². The van der Waals surface area contributed by atoms with Gasteiger partial charge in [0, 0.05) is 23.5 Å². The zero-order chi connectivity index (χ0) is 21.2. The molecule has 0 unspecified atom stereocenters. The lowest BCUT2D eigenvalue weighted by atomic mass is 10.0. The second kappa shape index (κ2) is 8.29. The minimum absolute atomic E-state index is 0.122. The van der Waals surface area contributed by atoms with Gasteiger partial charge in [-0.05, 0) is 57.2 Å². The summed E-state index contributed by atoms with van der Waals surface area (Å²) >= 11 is 0. The Kier molecular flexibility index (Phi) is 5.98. The van der Waals surface area contributed by atoms with E-state index in [0.29, 0.717) is 29.4 Å². The van der Waals surface area contributed by atoms with E-state index in [1.807, 2.05) is 45.0 Å². The van der Waals surface area contributed by atoms with E-state index in [9.17, 15) is 13.2 Å². The van der Waals surface area contributed by atoms with Crippen LogP contribution in [0.3, 0.4) is 0 Å². The Morgan fingerprint density at radius 2 is 1.86 bits per heavy atom. The van der Waals surface area contributed by atoms with Gasteiger partial charge >= 0.3 is 0 Å². The molecule has 1 amide bonds. The van der Waals surface area contributed by atoms with Gasteiger partial charge in [-0.25, -0.2) is 8.42 Å². The van der Waals surface area contributed by atoms with Crippen molar-refractivity contribution in [1.29, 1.82) is 0 Å². The quantitative estimate of drug-likeness (QED) is 0.719. The van der Waals surface area contributed by atoms with Crippen molar-refractivity contribution in [2.45, 2.75) is 31.7 Å². The van der Waals surface area contributed by atoms with E-state index >= 15 is 0 Å². The Morgan fingerprint density at radius 1 is 1.17 bits per heavy atom. The van der Waals surface area contributed by atoms with Crippen molar-refractivity contribution in [2.75, 3.05) is 24.4 Å². The van der Waals surface area contributed by atoms with Crippen molar-refractivity contribution in [3.63, 3.8) is 0 Å². The molecule has 0 fully saturated rings. The number of sulfone groups is 1. The first kappa shape index (κ1) is 20.9. The molecule has 0 saturated heterocycles. The zero-order valence-corrected chi connectivity index (χ0v) is 17.8. The Labute approximate surface area is 171 Å². The van der Waals surface area contributed by atoms with Crippen molar-refractivity contribution in [1.82, 2.24) is 0 Å². The fourth-order valence-electron chi connectivity index (χ4n) is 3.23. The number of amides is 1. The molecule has 7 heteroatoms. The van der Waals surface area contributed by atoms with Gasteiger partial charge < -0.3 is 14.4 Å². The van der Waals surface area contributed by atoms with Crippen molar-refractivity contribution in [2.24, 2.45) is 0 Å². The van der Waals surface area contributed by atoms with Crippen LogP contribution in [0.15, 0.2) is 52.9 Å². The van der Waals surface area contributed by atoms with Crippen molar-refractivity contribution < 1.29 is 22.7 Å². The molecule has 0 aliphatic carbocycles. The molecule has 1 heterocycles. The van der Waals surface area contributed by atoms with Crippen LogP contribution in [0.4, 0.5) is 5.69 Å². The molecule has 2 aromatic rings. The summed E-state index contributed by atoms with van der Waals surface area (Å²) in [4.78, 5) is 15.1. The third-order valence-electron chi connectivity index (χ3n) is 4.56. The van der Waals surface area contributed by atoms with E-state index in [-0.39, 0.29) is 23.5 Å². The Balaban J connectivity index is 1.93. The van der Waals surface area contributed by atoms with Crippen LogP contribution in [0.1, 0.15) is 26.3 Å². The maximum atomic E-state index is 13.3. The number of carbonyl (C=O) groups excluding carboxylic acids is 1. The Hall–Kier alpha value is -2.80. The van der Waals surface area contributed by atoms with Gasteiger partial charge in [-0.3, -0.25) is 4.79 Å². The summed E-state index contributed by atoms with van der Waals surface area (Å²) in [6, 6.07) is 11.8. The van der Waals surface area contributed by atoms with Gasteiger partial charge in [-0.2, -0.15) is 0 Å². The largest absolute Gasteiger partial charge is 0.490 e. The van der Waals surface area contributed by atoms with Crippen molar-refractivity contribution >= 4 is 27.5 Å². The van der Waals surface area contributed by atoms with Crippen LogP contribution in [-0.2, 0) is 14.6 Å². The highest BCUT2D eigenvalue weighted by Crippen LogP contribution is 2.36. The molecule has 29 heavy (non-hydrogen) atoms. The predicted octanol–water partition coefficient (Wildman–Crippen LogP) is 3.71. The Morgan fingerprint density at radius 3 is 2.45 bits per heavy atom. The standard InChI is InChI=1S/C22H25NO5S/c1-5-27-20-8-6-7-16-13-17(14-28-21(16)20)22(24)23(15(2)3)18-9-11-19(12-10-18)29(4,25)26/h6-13,15H,5,14H2,1-4H3. The Bertz CT molecular complexity index is 1040. The molecule has 1 aliphatic heterocycles. The lowest BCUT2D eigenvalue weighted by Gasteiger charge is -2.29. The number of carbonyl (C=O) groups is 1. The van der Waals surface area contributed by atoms with Crippen LogP contribution < -0.4 is 14.4 Å². The third kappa shape index (κ3) is 4.45. The molecule has 0 atom stereocenters. The molecule has 0 spiro atoms. The summed E-state index contributed by atoms with van der Waals surface area (Å²) in [7, 11) is -3.30. The fraction of sp³-hybridized carbons (Fsp3) is 0.318. The van der Waals surface area contributed by atoms with Gasteiger partial charge in [0.25, 0.3) is 5.91 Å². The lowest BCUT2D eigenvalue weighted by molar-refractivity contribution is -0.115. The predicted molar refractivity (Wildman–Crippen MR) is 113 cm³/mol. The minimum Gasteiger partial charge on any atom is -0.490 e. The van der Waals surface area contributed by atoms with E-state index in [1.165, 1.54) is 12.1 Å². The lowest BCUT2D eigenvalue weighted by Crippen LogP contribution is -2.39. The number of nitrogens with zero attached hydrogens (tertiary/aromatic N) is 1. The highest BCUT2D eigenvalue weighted by molar-refractivity contribution is 7.90. The molecule has 6 nitrogen and oxygen atoms in total. The van der Waals surface area contributed by atoms with Crippen LogP contribution >= 0.6 is 0 Å². The first-order chi connectivity index (χ1) is 13.7. The van der Waals surface area contributed by atoms with Gasteiger partial charge in [0.1, 0.15) is 6.61 Å². The fourth-order valence-corrected chi connectivity index (χ4v) is 3.86. The first-order valence-electron chi connectivity index (χ1n) is 9.45. The SMILES string of the molecule is CCOc1cccc2c1OCC(C(=O)N(c1ccc(S(C)(=O)=O)cc1)C(C)C)=C2. The van der Waals surface area contributed by atoms with Gasteiger partial charge in [0.05, 0.1) is 17.1 Å². The van der Waals surface area contributed by atoms with Crippen LogP contribution in [0.2, 0.25) is 0 Å². The minimum atomic E-state index is -3.30. The normalized spacial score (nSPS) is 13.3. The van der Waals surface area contributed by atoms with E-state index in [0.717, 1.165) is 11.8 Å². The van der Waals surface area contributed by atoms with E-state index in [4.69, 9.17) is 9.47 Å². The summed E-state index contributed by atoms with van der Waals surface area (Å²) < 4.78 is 34.9. The van der Waals surface area contributed by atoms with Gasteiger partial charge in [0.2, 0.25) is 0 Å². The van der Waals surface area contributed by atoms with Crippen molar-refractivity contribution in [3.8, 4) is 11.5 Å². The highest BCUT2D eigenvalue weighted by atomic mass is 32.2. The maximum Gasteiger partial charge on any atom is 0.257 e. The number of ether oxygens (including phenoxy) is 2. The summed E-state index contributed by atoms with van der Waals surface area (Å²) in [5.74, 6) is 1.11. The molecule has 1 aliphatic rings. The second-order valence-corrected chi connectivity index (χ2v) is 9.12.